The minimum Gasteiger partial charge on any atom is -0.491 e. The van der Waals surface area contributed by atoms with Crippen molar-refractivity contribution in [3.63, 3.8) is 0 Å². The van der Waals surface area contributed by atoms with Gasteiger partial charge in [0.15, 0.2) is 0 Å². The summed E-state index contributed by atoms with van der Waals surface area (Å²) in [7, 11) is -3.76. The average Bonchev–Trinajstić information content (AvgIpc) is 3.32. The molecule has 1 fully saturated rings. The lowest BCUT2D eigenvalue weighted by Crippen LogP contribution is -2.29. The van der Waals surface area contributed by atoms with E-state index in [1.54, 1.807) is 22.9 Å². The van der Waals surface area contributed by atoms with E-state index < -0.39 is 21.8 Å². The van der Waals surface area contributed by atoms with E-state index in [1.807, 2.05) is 20.8 Å². The summed E-state index contributed by atoms with van der Waals surface area (Å²) < 4.78 is 49.3. The van der Waals surface area contributed by atoms with Gasteiger partial charge >= 0.3 is 5.97 Å². The Hall–Kier alpha value is -3.24. The second-order valence-corrected chi connectivity index (χ2v) is 10.6. The summed E-state index contributed by atoms with van der Waals surface area (Å²) in [5, 5.41) is 14.1. The van der Waals surface area contributed by atoms with Crippen LogP contribution in [0.2, 0.25) is 0 Å². The lowest BCUT2D eigenvalue weighted by atomic mass is 10.1. The number of halogens is 1. The monoisotopic (exact) mass is 487 g/mol. The molecule has 0 unspecified atom stereocenters. The molecular weight excluding hydrogens is 461 g/mol. The highest BCUT2D eigenvalue weighted by Crippen LogP contribution is 2.35. The van der Waals surface area contributed by atoms with Crippen LogP contribution in [0.4, 0.5) is 4.39 Å². The molecule has 0 aliphatic carbocycles. The number of ether oxygens (including phenoxy) is 1. The number of aliphatic carboxylic acids is 1. The van der Waals surface area contributed by atoms with Crippen molar-refractivity contribution in [2.45, 2.75) is 37.8 Å². The number of rotatable bonds is 7. The highest BCUT2D eigenvalue weighted by atomic mass is 32.2. The number of hydrogen-bond donors (Lipinski definition) is 1. The standard InChI is InChI=1S/C24H26FN3O5S/c1-15(2)33-18-5-7-19(8-6-18)34(31,32)27-13-16(3)23(14-27)28-22-12-17(25)4-9-20(22)21(26-28)10-11-24(29)30/h4-12,15-16,23H,13-14H2,1-3H3,(H,29,30)/t16-,23+/m1/s1. The number of hydrogen-bond acceptors (Lipinski definition) is 5. The van der Waals surface area contributed by atoms with Crippen LogP contribution in [0.1, 0.15) is 32.5 Å². The quantitative estimate of drug-likeness (QED) is 0.507. The molecule has 10 heteroatoms. The van der Waals surface area contributed by atoms with Gasteiger partial charge in [0.2, 0.25) is 10.0 Å². The van der Waals surface area contributed by atoms with Crippen molar-refractivity contribution in [3.05, 3.63) is 60.1 Å². The summed E-state index contributed by atoms with van der Waals surface area (Å²) in [4.78, 5) is 11.1. The smallest absolute Gasteiger partial charge is 0.328 e. The van der Waals surface area contributed by atoms with Crippen LogP contribution in [0.5, 0.6) is 5.75 Å². The van der Waals surface area contributed by atoms with Crippen molar-refractivity contribution in [1.29, 1.82) is 0 Å². The van der Waals surface area contributed by atoms with Gasteiger partial charge in [0.25, 0.3) is 0 Å². The normalized spacial score (nSPS) is 19.4. The van der Waals surface area contributed by atoms with E-state index in [2.05, 4.69) is 5.10 Å². The molecule has 0 radical (unpaired) electrons. The molecule has 1 saturated heterocycles. The van der Waals surface area contributed by atoms with Crippen LogP contribution in [-0.2, 0) is 14.8 Å². The summed E-state index contributed by atoms with van der Waals surface area (Å²) >= 11 is 0. The first-order chi connectivity index (χ1) is 16.1. The number of benzene rings is 2. The molecule has 0 bridgehead atoms. The van der Waals surface area contributed by atoms with Crippen molar-refractivity contribution in [2.75, 3.05) is 13.1 Å². The summed E-state index contributed by atoms with van der Waals surface area (Å²) in [6, 6.07) is 10.1. The summed E-state index contributed by atoms with van der Waals surface area (Å²) in [5.41, 5.74) is 0.864. The van der Waals surface area contributed by atoms with Crippen LogP contribution >= 0.6 is 0 Å². The van der Waals surface area contributed by atoms with Crippen molar-refractivity contribution >= 4 is 33.0 Å². The average molecular weight is 488 g/mol. The van der Waals surface area contributed by atoms with Gasteiger partial charge in [-0.25, -0.2) is 17.6 Å². The first-order valence-corrected chi connectivity index (χ1v) is 12.4. The first kappa shape index (κ1) is 23.9. The van der Waals surface area contributed by atoms with E-state index >= 15 is 0 Å². The number of carboxylic acids is 1. The fraction of sp³-hybridized carbons (Fsp3) is 0.333. The lowest BCUT2D eigenvalue weighted by molar-refractivity contribution is -0.131. The number of carbonyl (C=O) groups is 1. The molecule has 34 heavy (non-hydrogen) atoms. The largest absolute Gasteiger partial charge is 0.491 e. The first-order valence-electron chi connectivity index (χ1n) is 10.9. The number of aromatic nitrogens is 2. The maximum atomic E-state index is 14.1. The number of fused-ring (bicyclic) bond motifs is 1. The molecule has 2 aromatic carbocycles. The summed E-state index contributed by atoms with van der Waals surface area (Å²) in [6.45, 7) is 6.13. The second kappa shape index (κ2) is 9.19. The molecule has 2 heterocycles. The third-order valence-electron chi connectivity index (χ3n) is 5.77. The van der Waals surface area contributed by atoms with Gasteiger partial charge < -0.3 is 9.84 Å². The highest BCUT2D eigenvalue weighted by molar-refractivity contribution is 7.89. The Morgan fingerprint density at radius 3 is 2.56 bits per heavy atom. The molecule has 180 valence electrons. The van der Waals surface area contributed by atoms with Gasteiger partial charge in [0.1, 0.15) is 11.6 Å². The van der Waals surface area contributed by atoms with E-state index in [4.69, 9.17) is 9.84 Å². The van der Waals surface area contributed by atoms with Gasteiger partial charge in [0.05, 0.1) is 28.3 Å². The summed E-state index contributed by atoms with van der Waals surface area (Å²) in [5.74, 6) is -1.10. The number of sulfonamides is 1. The molecular formula is C24H26FN3O5S. The van der Waals surface area contributed by atoms with Gasteiger partial charge in [-0.15, -0.1) is 0 Å². The Morgan fingerprint density at radius 1 is 1.21 bits per heavy atom. The zero-order valence-corrected chi connectivity index (χ0v) is 19.9. The zero-order valence-electron chi connectivity index (χ0n) is 19.1. The minimum absolute atomic E-state index is 0.0217. The fourth-order valence-electron chi connectivity index (χ4n) is 4.19. The molecule has 1 aliphatic rings. The van der Waals surface area contributed by atoms with Crippen LogP contribution in [-0.4, -0.2) is 52.8 Å². The Bertz CT molecular complexity index is 1350. The van der Waals surface area contributed by atoms with E-state index in [0.717, 1.165) is 6.08 Å². The Balaban J connectivity index is 1.65. The van der Waals surface area contributed by atoms with Gasteiger partial charge in [-0.1, -0.05) is 6.92 Å². The van der Waals surface area contributed by atoms with Gasteiger partial charge in [0, 0.05) is 24.6 Å². The van der Waals surface area contributed by atoms with Crippen molar-refractivity contribution < 1.29 is 27.4 Å². The molecule has 0 amide bonds. The number of nitrogens with zero attached hydrogens (tertiary/aromatic N) is 3. The maximum absolute atomic E-state index is 14.1. The van der Waals surface area contributed by atoms with E-state index in [9.17, 15) is 17.6 Å². The molecule has 8 nitrogen and oxygen atoms in total. The SMILES string of the molecule is CC(C)Oc1ccc(S(=O)(=O)N2C[C@@H](C)[C@@H](n3nc(C=CC(=O)O)c4ccc(F)cc43)C2)cc1. The maximum Gasteiger partial charge on any atom is 0.328 e. The molecule has 1 aromatic heterocycles. The van der Waals surface area contributed by atoms with Crippen molar-refractivity contribution in [2.24, 2.45) is 5.92 Å². The van der Waals surface area contributed by atoms with Crippen molar-refractivity contribution in [1.82, 2.24) is 14.1 Å². The molecule has 1 N–H and O–H groups in total. The summed E-state index contributed by atoms with van der Waals surface area (Å²) in [6.07, 6.45) is 2.30. The molecule has 1 aliphatic heterocycles. The minimum atomic E-state index is -3.76. The Labute approximate surface area is 197 Å². The predicted octanol–water partition coefficient (Wildman–Crippen LogP) is 3.94. The molecule has 0 spiro atoms. The number of carboxylic acid groups (broad SMARTS) is 1. The lowest BCUT2D eigenvalue weighted by Gasteiger charge is -2.18. The highest BCUT2D eigenvalue weighted by Gasteiger charge is 2.39. The predicted molar refractivity (Wildman–Crippen MR) is 126 cm³/mol. The van der Waals surface area contributed by atoms with Gasteiger partial charge in [-0.2, -0.15) is 9.40 Å². The van der Waals surface area contributed by atoms with E-state index in [-0.39, 0.29) is 36.0 Å². The fourth-order valence-corrected chi connectivity index (χ4v) is 5.75. The van der Waals surface area contributed by atoms with Crippen LogP contribution < -0.4 is 4.74 Å². The van der Waals surface area contributed by atoms with Gasteiger partial charge in [-0.05, 0) is 68.3 Å². The van der Waals surface area contributed by atoms with E-state index in [1.165, 1.54) is 34.6 Å². The van der Waals surface area contributed by atoms with Gasteiger partial charge in [-0.3, -0.25) is 4.68 Å². The Kier molecular flexibility index (Phi) is 6.46. The second-order valence-electron chi connectivity index (χ2n) is 8.67. The van der Waals surface area contributed by atoms with Crippen LogP contribution in [0.25, 0.3) is 17.0 Å². The van der Waals surface area contributed by atoms with Crippen molar-refractivity contribution in [3.8, 4) is 5.75 Å². The molecule has 4 rings (SSSR count). The molecule has 0 saturated carbocycles. The molecule has 2 atom stereocenters. The molecule has 3 aromatic rings. The third-order valence-corrected chi connectivity index (χ3v) is 7.61. The third kappa shape index (κ3) is 4.69. The topological polar surface area (TPSA) is 102 Å². The zero-order chi connectivity index (χ0) is 24.6. The van der Waals surface area contributed by atoms with E-state index in [0.29, 0.717) is 22.3 Å². The van der Waals surface area contributed by atoms with Crippen LogP contribution in [0.3, 0.4) is 0 Å². The Morgan fingerprint density at radius 2 is 1.91 bits per heavy atom. The van der Waals surface area contributed by atoms with Crippen LogP contribution in [0.15, 0.2) is 53.4 Å². The van der Waals surface area contributed by atoms with Crippen LogP contribution in [0, 0.1) is 11.7 Å².